The molecule has 1 heterocycles. The summed E-state index contributed by atoms with van der Waals surface area (Å²) < 4.78 is 1.65. The van der Waals surface area contributed by atoms with Gasteiger partial charge >= 0.3 is 0 Å². The third kappa shape index (κ3) is 3.81. The highest BCUT2D eigenvalue weighted by Crippen LogP contribution is 2.15. The highest BCUT2D eigenvalue weighted by atomic mass is 16.1. The number of benzene rings is 1. The van der Waals surface area contributed by atoms with E-state index in [0.717, 1.165) is 12.0 Å². The summed E-state index contributed by atoms with van der Waals surface area (Å²) in [6.07, 6.45) is 2.85. The predicted molar refractivity (Wildman–Crippen MR) is 82.6 cm³/mol. The molecule has 0 aliphatic heterocycles. The zero-order valence-electron chi connectivity index (χ0n) is 12.1. The molecule has 0 amide bonds. The number of aromatic nitrogens is 1. The molecule has 3 nitrogen and oxygen atoms in total. The van der Waals surface area contributed by atoms with Gasteiger partial charge in [-0.2, -0.15) is 0 Å². The Hall–Kier alpha value is -1.87. The molecule has 1 atom stereocenters. The topological polar surface area (TPSA) is 48.0 Å². The van der Waals surface area contributed by atoms with E-state index in [9.17, 15) is 4.79 Å². The van der Waals surface area contributed by atoms with Crippen molar-refractivity contribution in [2.24, 2.45) is 11.7 Å². The molecule has 2 N–H and O–H groups in total. The lowest BCUT2D eigenvalue weighted by molar-refractivity contribution is 0.561. The lowest BCUT2D eigenvalue weighted by atomic mass is 9.99. The molecule has 1 aromatic carbocycles. The Kier molecular flexibility index (Phi) is 4.74. The fourth-order valence-electron chi connectivity index (χ4n) is 2.30. The van der Waals surface area contributed by atoms with Gasteiger partial charge in [0.1, 0.15) is 0 Å². The van der Waals surface area contributed by atoms with Gasteiger partial charge in [-0.3, -0.25) is 4.79 Å². The van der Waals surface area contributed by atoms with Crippen LogP contribution in [0.3, 0.4) is 0 Å². The van der Waals surface area contributed by atoms with Crippen molar-refractivity contribution in [3.05, 3.63) is 70.1 Å². The highest BCUT2D eigenvalue weighted by Gasteiger charge is 2.08. The van der Waals surface area contributed by atoms with Crippen LogP contribution in [0.15, 0.2) is 53.5 Å². The first kappa shape index (κ1) is 14.5. The van der Waals surface area contributed by atoms with E-state index in [0.29, 0.717) is 12.5 Å². The minimum Gasteiger partial charge on any atom is -0.322 e. The second-order valence-electron chi connectivity index (χ2n) is 5.64. The molecule has 20 heavy (non-hydrogen) atoms. The van der Waals surface area contributed by atoms with Crippen molar-refractivity contribution < 1.29 is 0 Å². The zero-order valence-corrected chi connectivity index (χ0v) is 12.1. The fourth-order valence-corrected chi connectivity index (χ4v) is 2.30. The lowest BCUT2D eigenvalue weighted by Gasteiger charge is -2.14. The summed E-state index contributed by atoms with van der Waals surface area (Å²) in [7, 11) is 0. The van der Waals surface area contributed by atoms with Crippen LogP contribution in [0.25, 0.3) is 0 Å². The van der Waals surface area contributed by atoms with Crippen molar-refractivity contribution >= 4 is 0 Å². The van der Waals surface area contributed by atoms with E-state index in [1.54, 1.807) is 22.9 Å². The molecule has 0 saturated heterocycles. The summed E-state index contributed by atoms with van der Waals surface area (Å²) >= 11 is 0. The van der Waals surface area contributed by atoms with Gasteiger partial charge in [-0.1, -0.05) is 44.2 Å². The summed E-state index contributed by atoms with van der Waals surface area (Å²) in [6, 6.07) is 13.4. The first-order chi connectivity index (χ1) is 9.56. The van der Waals surface area contributed by atoms with Crippen molar-refractivity contribution in [3.8, 4) is 0 Å². The van der Waals surface area contributed by atoms with E-state index in [1.165, 1.54) is 5.56 Å². The molecule has 1 aromatic heterocycles. The molecule has 0 saturated carbocycles. The fraction of sp³-hybridized carbons (Fsp3) is 0.353. The maximum absolute atomic E-state index is 11.7. The van der Waals surface area contributed by atoms with Gasteiger partial charge in [0.15, 0.2) is 0 Å². The summed E-state index contributed by atoms with van der Waals surface area (Å²) in [5.74, 6) is 0.650. The molecular formula is C17H22N2O. The Morgan fingerprint density at radius 2 is 1.80 bits per heavy atom. The number of nitrogens with zero attached hydrogens (tertiary/aromatic N) is 1. The molecule has 0 spiro atoms. The van der Waals surface area contributed by atoms with Gasteiger partial charge in [0.25, 0.3) is 5.56 Å². The van der Waals surface area contributed by atoms with E-state index >= 15 is 0 Å². The summed E-state index contributed by atoms with van der Waals surface area (Å²) in [4.78, 5) is 11.7. The molecular weight excluding hydrogens is 248 g/mol. The first-order valence-electron chi connectivity index (χ1n) is 7.06. The Balaban J connectivity index is 2.08. The number of pyridine rings is 1. The average Bonchev–Trinajstić information content (AvgIpc) is 2.41. The van der Waals surface area contributed by atoms with Crippen molar-refractivity contribution in [2.75, 3.05) is 0 Å². The van der Waals surface area contributed by atoms with Gasteiger partial charge < -0.3 is 10.3 Å². The Labute approximate surface area is 120 Å². The monoisotopic (exact) mass is 270 g/mol. The molecule has 0 radical (unpaired) electrons. The zero-order chi connectivity index (χ0) is 14.5. The van der Waals surface area contributed by atoms with Crippen LogP contribution in [0, 0.1) is 5.92 Å². The van der Waals surface area contributed by atoms with Gasteiger partial charge in [0, 0.05) is 24.8 Å². The molecule has 106 valence electrons. The first-order valence-corrected chi connectivity index (χ1v) is 7.06. The number of hydrogen-bond donors (Lipinski definition) is 1. The quantitative estimate of drug-likeness (QED) is 0.908. The van der Waals surface area contributed by atoms with Crippen LogP contribution in [0.4, 0.5) is 0 Å². The van der Waals surface area contributed by atoms with Crippen molar-refractivity contribution in [1.82, 2.24) is 4.57 Å². The maximum atomic E-state index is 11.7. The Morgan fingerprint density at radius 1 is 1.10 bits per heavy atom. The molecule has 0 aliphatic carbocycles. The second-order valence-corrected chi connectivity index (χ2v) is 5.64. The van der Waals surface area contributed by atoms with Crippen LogP contribution in [-0.4, -0.2) is 4.57 Å². The third-order valence-electron chi connectivity index (χ3n) is 3.34. The molecule has 0 bridgehead atoms. The van der Waals surface area contributed by atoms with E-state index in [4.69, 9.17) is 5.73 Å². The molecule has 0 fully saturated rings. The lowest BCUT2D eigenvalue weighted by Crippen LogP contribution is -2.25. The normalized spacial score (nSPS) is 12.6. The van der Waals surface area contributed by atoms with Gasteiger partial charge in [0.05, 0.1) is 0 Å². The minimum atomic E-state index is -0.164. The number of rotatable bonds is 5. The van der Waals surface area contributed by atoms with Crippen LogP contribution in [0.1, 0.15) is 31.0 Å². The SMILES string of the molecule is CC(C)Cc1ccc(C(N)Cn2ccccc2=O)cc1. The summed E-state index contributed by atoms with van der Waals surface area (Å²) in [6.45, 7) is 4.92. The van der Waals surface area contributed by atoms with Crippen LogP contribution in [0.2, 0.25) is 0 Å². The van der Waals surface area contributed by atoms with E-state index in [1.807, 2.05) is 6.07 Å². The standard InChI is InChI=1S/C17H22N2O/c1-13(2)11-14-6-8-15(9-7-14)16(18)12-19-10-4-3-5-17(19)20/h3-10,13,16H,11-12,18H2,1-2H3. The van der Waals surface area contributed by atoms with Gasteiger partial charge in [0.2, 0.25) is 0 Å². The van der Waals surface area contributed by atoms with E-state index in [2.05, 4.69) is 38.1 Å². The predicted octanol–water partition coefficient (Wildman–Crippen LogP) is 2.75. The summed E-state index contributed by atoms with van der Waals surface area (Å²) in [5.41, 5.74) is 8.56. The molecule has 3 heteroatoms. The van der Waals surface area contributed by atoms with Crippen LogP contribution in [-0.2, 0) is 13.0 Å². The molecule has 2 aromatic rings. The van der Waals surface area contributed by atoms with E-state index in [-0.39, 0.29) is 11.6 Å². The minimum absolute atomic E-state index is 0.0145. The summed E-state index contributed by atoms with van der Waals surface area (Å²) in [5, 5.41) is 0. The number of hydrogen-bond acceptors (Lipinski definition) is 2. The largest absolute Gasteiger partial charge is 0.322 e. The van der Waals surface area contributed by atoms with Gasteiger partial charge in [-0.15, -0.1) is 0 Å². The van der Waals surface area contributed by atoms with Crippen LogP contribution >= 0.6 is 0 Å². The average molecular weight is 270 g/mol. The van der Waals surface area contributed by atoms with Crippen molar-refractivity contribution in [3.63, 3.8) is 0 Å². The number of nitrogens with two attached hydrogens (primary N) is 1. The second kappa shape index (κ2) is 6.53. The van der Waals surface area contributed by atoms with Crippen LogP contribution in [0.5, 0.6) is 0 Å². The third-order valence-corrected chi connectivity index (χ3v) is 3.34. The smallest absolute Gasteiger partial charge is 0.250 e. The molecule has 1 unspecified atom stereocenters. The highest BCUT2D eigenvalue weighted by molar-refractivity contribution is 5.25. The van der Waals surface area contributed by atoms with Gasteiger partial charge in [-0.25, -0.2) is 0 Å². The Morgan fingerprint density at radius 3 is 2.40 bits per heavy atom. The van der Waals surface area contributed by atoms with Crippen molar-refractivity contribution in [1.29, 1.82) is 0 Å². The van der Waals surface area contributed by atoms with E-state index < -0.39 is 0 Å². The van der Waals surface area contributed by atoms with Crippen LogP contribution < -0.4 is 11.3 Å². The Bertz CT molecular complexity index is 599. The van der Waals surface area contributed by atoms with Gasteiger partial charge in [-0.05, 0) is 29.5 Å². The maximum Gasteiger partial charge on any atom is 0.250 e. The molecule has 0 aliphatic rings. The van der Waals surface area contributed by atoms with Crippen molar-refractivity contribution in [2.45, 2.75) is 32.9 Å². The molecule has 2 rings (SSSR count).